The van der Waals surface area contributed by atoms with Crippen LogP contribution in [0, 0.1) is 11.3 Å². The number of nitrogens with zero attached hydrogens (tertiary/aromatic N) is 2. The molecule has 1 N–H and O–H groups in total. The molecule has 0 aliphatic carbocycles. The van der Waals surface area contributed by atoms with E-state index < -0.39 is 0 Å². The van der Waals surface area contributed by atoms with Crippen molar-refractivity contribution in [3.8, 4) is 11.8 Å². The van der Waals surface area contributed by atoms with Crippen LogP contribution in [-0.4, -0.2) is 11.3 Å². The first-order valence-electron chi connectivity index (χ1n) is 6.78. The number of hydrogen-bond acceptors (Lipinski definition) is 3. The van der Waals surface area contributed by atoms with Gasteiger partial charge in [-0.1, -0.05) is 39.0 Å². The van der Waals surface area contributed by atoms with Gasteiger partial charge in [0.2, 0.25) is 0 Å². The third-order valence-corrected chi connectivity index (χ3v) is 3.20. The van der Waals surface area contributed by atoms with E-state index in [1.54, 1.807) is 24.4 Å². The van der Waals surface area contributed by atoms with Gasteiger partial charge in [-0.2, -0.15) is 5.26 Å². The summed E-state index contributed by atoms with van der Waals surface area (Å²) < 4.78 is 0. The maximum absolute atomic E-state index is 10.4. The van der Waals surface area contributed by atoms with Crippen LogP contribution in [-0.2, 0) is 5.41 Å². The predicted octanol–water partition coefficient (Wildman–Crippen LogP) is 4.31. The highest BCUT2D eigenvalue weighted by molar-refractivity contribution is 5.86. The van der Waals surface area contributed by atoms with Gasteiger partial charge in [0.05, 0.1) is 17.3 Å². The van der Waals surface area contributed by atoms with Crippen molar-refractivity contribution in [1.29, 1.82) is 5.26 Å². The van der Waals surface area contributed by atoms with Crippen molar-refractivity contribution in [3.05, 3.63) is 59.2 Å². The molecule has 0 aliphatic heterocycles. The molecule has 0 heterocycles. The third-order valence-electron chi connectivity index (χ3n) is 3.20. The number of hydrogen-bond donors (Lipinski definition) is 1. The quantitative estimate of drug-likeness (QED) is 0.832. The number of phenolic OH excluding ortho intramolecular Hbond substituents is 1. The molecule has 106 valence electrons. The minimum atomic E-state index is -0.130. The van der Waals surface area contributed by atoms with E-state index in [1.165, 1.54) is 0 Å². The molecule has 0 saturated carbocycles. The molecule has 0 atom stereocenters. The topological polar surface area (TPSA) is 56.4 Å². The van der Waals surface area contributed by atoms with E-state index in [9.17, 15) is 5.11 Å². The largest absolute Gasteiger partial charge is 0.507 e. The fourth-order valence-corrected chi connectivity index (χ4v) is 2.07. The molecule has 0 unspecified atom stereocenters. The van der Waals surface area contributed by atoms with Crippen LogP contribution in [0.3, 0.4) is 0 Å². The number of aromatic hydroxyl groups is 1. The van der Waals surface area contributed by atoms with Gasteiger partial charge < -0.3 is 5.11 Å². The fourth-order valence-electron chi connectivity index (χ4n) is 2.07. The number of aliphatic imine (C=N–C) groups is 1. The van der Waals surface area contributed by atoms with Gasteiger partial charge in [-0.05, 0) is 35.2 Å². The molecular formula is C18H18N2O. The maximum atomic E-state index is 10.4. The first-order valence-corrected chi connectivity index (χ1v) is 6.78. The van der Waals surface area contributed by atoms with Crippen LogP contribution in [0.4, 0.5) is 5.69 Å². The number of para-hydroxylation sites is 1. The van der Waals surface area contributed by atoms with Gasteiger partial charge in [0.1, 0.15) is 5.75 Å². The van der Waals surface area contributed by atoms with Gasteiger partial charge in [0.15, 0.2) is 0 Å². The van der Waals surface area contributed by atoms with Crippen molar-refractivity contribution in [2.75, 3.05) is 0 Å². The Balaban J connectivity index is 2.36. The number of rotatable bonds is 2. The van der Waals surface area contributed by atoms with E-state index in [1.807, 2.05) is 24.3 Å². The molecule has 2 aromatic rings. The molecule has 2 rings (SSSR count). The first kappa shape index (κ1) is 14.8. The van der Waals surface area contributed by atoms with Crippen molar-refractivity contribution in [3.63, 3.8) is 0 Å². The van der Waals surface area contributed by atoms with Crippen LogP contribution in [0.15, 0.2) is 47.5 Å². The average Bonchev–Trinajstić information content (AvgIpc) is 2.45. The van der Waals surface area contributed by atoms with Crippen LogP contribution in [0.5, 0.6) is 5.75 Å². The number of phenols is 1. The summed E-state index contributed by atoms with van der Waals surface area (Å²) in [4.78, 5) is 4.33. The van der Waals surface area contributed by atoms with Crippen LogP contribution in [0.25, 0.3) is 0 Å². The average molecular weight is 278 g/mol. The summed E-state index contributed by atoms with van der Waals surface area (Å²) in [5.74, 6) is 0.255. The van der Waals surface area contributed by atoms with Crippen LogP contribution in [0.1, 0.15) is 37.5 Å². The summed E-state index contributed by atoms with van der Waals surface area (Å²) in [6.45, 7) is 6.16. The number of benzene rings is 2. The zero-order valence-electron chi connectivity index (χ0n) is 12.5. The predicted molar refractivity (Wildman–Crippen MR) is 85.2 cm³/mol. The summed E-state index contributed by atoms with van der Waals surface area (Å²) >= 11 is 0. The Bertz CT molecular complexity index is 719. The molecule has 21 heavy (non-hydrogen) atoms. The molecule has 3 heteroatoms. The summed E-state index contributed by atoms with van der Waals surface area (Å²) in [5, 5.41) is 19.2. The molecule has 0 aliphatic rings. The lowest BCUT2D eigenvalue weighted by molar-refractivity contribution is 0.446. The minimum absolute atomic E-state index is 0.130. The lowest BCUT2D eigenvalue weighted by atomic mass is 9.85. The fraction of sp³-hybridized carbons (Fsp3) is 0.222. The Labute approximate surface area is 125 Å². The minimum Gasteiger partial charge on any atom is -0.507 e. The van der Waals surface area contributed by atoms with Crippen molar-refractivity contribution in [1.82, 2.24) is 0 Å². The molecule has 0 spiro atoms. The molecular weight excluding hydrogens is 260 g/mol. The summed E-state index contributed by atoms with van der Waals surface area (Å²) in [6.07, 6.45) is 1.63. The highest BCUT2D eigenvalue weighted by Gasteiger charge is 2.18. The summed E-state index contributed by atoms with van der Waals surface area (Å²) in [7, 11) is 0. The van der Waals surface area contributed by atoms with Gasteiger partial charge >= 0.3 is 0 Å². The highest BCUT2D eigenvalue weighted by Crippen LogP contribution is 2.32. The smallest absolute Gasteiger partial charge is 0.128 e. The molecule has 3 nitrogen and oxygen atoms in total. The van der Waals surface area contributed by atoms with E-state index in [4.69, 9.17) is 5.26 Å². The monoisotopic (exact) mass is 278 g/mol. The molecule has 0 radical (unpaired) electrons. The lowest BCUT2D eigenvalue weighted by Crippen LogP contribution is -2.11. The second kappa shape index (κ2) is 5.80. The van der Waals surface area contributed by atoms with Gasteiger partial charge in [-0.25, -0.2) is 0 Å². The summed E-state index contributed by atoms with van der Waals surface area (Å²) in [5.41, 5.74) is 2.68. The van der Waals surface area contributed by atoms with Crippen molar-refractivity contribution < 1.29 is 5.11 Å². The SMILES string of the molecule is CC(C)(C)c1cccc(C=Nc2cccc(C#N)c2)c1O. The van der Waals surface area contributed by atoms with Crippen LogP contribution >= 0.6 is 0 Å². The van der Waals surface area contributed by atoms with Gasteiger partial charge in [0, 0.05) is 11.8 Å². The lowest BCUT2D eigenvalue weighted by Gasteiger charge is -2.21. The van der Waals surface area contributed by atoms with Gasteiger partial charge in [0.25, 0.3) is 0 Å². The zero-order valence-corrected chi connectivity index (χ0v) is 12.5. The molecule has 0 fully saturated rings. The van der Waals surface area contributed by atoms with E-state index in [0.29, 0.717) is 16.8 Å². The molecule has 2 aromatic carbocycles. The van der Waals surface area contributed by atoms with E-state index >= 15 is 0 Å². The first-order chi connectivity index (χ1) is 9.91. The molecule has 0 bridgehead atoms. The Kier molecular flexibility index (Phi) is 4.09. The van der Waals surface area contributed by atoms with Gasteiger partial charge in [-0.3, -0.25) is 4.99 Å². The van der Waals surface area contributed by atoms with E-state index in [2.05, 4.69) is 31.8 Å². The molecule has 0 aromatic heterocycles. The Morgan fingerprint density at radius 1 is 1.14 bits per heavy atom. The highest BCUT2D eigenvalue weighted by atomic mass is 16.3. The zero-order chi connectivity index (χ0) is 15.5. The molecule has 0 saturated heterocycles. The van der Waals surface area contributed by atoms with E-state index in [0.717, 1.165) is 5.56 Å². The Morgan fingerprint density at radius 3 is 2.52 bits per heavy atom. The van der Waals surface area contributed by atoms with E-state index in [-0.39, 0.29) is 11.2 Å². The maximum Gasteiger partial charge on any atom is 0.128 e. The molecule has 0 amide bonds. The third kappa shape index (κ3) is 3.49. The Morgan fingerprint density at radius 2 is 1.86 bits per heavy atom. The second-order valence-corrected chi connectivity index (χ2v) is 5.91. The van der Waals surface area contributed by atoms with Crippen LogP contribution in [0.2, 0.25) is 0 Å². The number of nitriles is 1. The normalized spacial score (nSPS) is 11.5. The summed E-state index contributed by atoms with van der Waals surface area (Å²) in [6, 6.07) is 14.8. The van der Waals surface area contributed by atoms with Crippen molar-refractivity contribution >= 4 is 11.9 Å². The van der Waals surface area contributed by atoms with Gasteiger partial charge in [-0.15, -0.1) is 0 Å². The van der Waals surface area contributed by atoms with Crippen LogP contribution < -0.4 is 0 Å². The van der Waals surface area contributed by atoms with Crippen molar-refractivity contribution in [2.24, 2.45) is 4.99 Å². The Hall–Kier alpha value is -2.60. The van der Waals surface area contributed by atoms with Crippen molar-refractivity contribution in [2.45, 2.75) is 26.2 Å². The standard InChI is InChI=1S/C18H18N2O/c1-18(2,3)16-9-5-7-14(17(16)21)12-20-15-8-4-6-13(10-15)11-19/h4-10,12,21H,1-3H3. The second-order valence-electron chi connectivity index (χ2n) is 5.91.